The average molecular weight is 270 g/mol. The second-order valence-corrected chi connectivity index (χ2v) is 5.66. The quantitative estimate of drug-likeness (QED) is 0.496. The molecule has 0 aromatic carbocycles. The predicted octanol–water partition coefficient (Wildman–Crippen LogP) is 1.85. The van der Waals surface area contributed by atoms with E-state index in [4.69, 9.17) is 15.2 Å². The smallest absolute Gasteiger partial charge is 0.0672 e. The van der Waals surface area contributed by atoms with E-state index in [-0.39, 0.29) is 5.54 Å². The van der Waals surface area contributed by atoms with Gasteiger partial charge in [-0.15, -0.1) is 0 Å². The Morgan fingerprint density at radius 1 is 1.58 bits per heavy atom. The van der Waals surface area contributed by atoms with Crippen molar-refractivity contribution >= 4 is 0 Å². The first-order valence-electron chi connectivity index (χ1n) is 7.40. The van der Waals surface area contributed by atoms with Gasteiger partial charge in [0.1, 0.15) is 0 Å². The van der Waals surface area contributed by atoms with E-state index >= 15 is 0 Å². The van der Waals surface area contributed by atoms with E-state index in [0.29, 0.717) is 25.9 Å². The molecule has 1 rings (SSSR count). The van der Waals surface area contributed by atoms with Crippen LogP contribution in [0, 0.1) is 0 Å². The molecule has 1 aliphatic heterocycles. The highest BCUT2D eigenvalue weighted by Crippen LogP contribution is 2.26. The van der Waals surface area contributed by atoms with Crippen molar-refractivity contribution in [1.29, 1.82) is 0 Å². The monoisotopic (exact) mass is 270 g/mol. The largest absolute Gasteiger partial charge is 0.378 e. The summed E-state index contributed by atoms with van der Waals surface area (Å²) in [6.45, 7) is 11.6. The Morgan fingerprint density at radius 3 is 3.00 bits per heavy atom. The molecule has 0 radical (unpaired) electrons. The van der Waals surface area contributed by atoms with Gasteiger partial charge in [0.25, 0.3) is 0 Å². The molecule has 0 aromatic heterocycles. The third kappa shape index (κ3) is 6.04. The molecule has 3 N–H and O–H groups in total. The van der Waals surface area contributed by atoms with Crippen LogP contribution in [0.1, 0.15) is 39.5 Å². The molecule has 0 spiro atoms. The van der Waals surface area contributed by atoms with Crippen LogP contribution in [0.25, 0.3) is 0 Å². The van der Waals surface area contributed by atoms with E-state index in [1.807, 2.05) is 6.92 Å². The van der Waals surface area contributed by atoms with Crippen molar-refractivity contribution in [3.05, 3.63) is 12.2 Å². The highest BCUT2D eigenvalue weighted by Gasteiger charge is 2.34. The second kappa shape index (κ2) is 8.69. The van der Waals surface area contributed by atoms with Crippen LogP contribution in [0.3, 0.4) is 0 Å². The van der Waals surface area contributed by atoms with Gasteiger partial charge >= 0.3 is 0 Å². The lowest BCUT2D eigenvalue weighted by Gasteiger charge is -2.41. The van der Waals surface area contributed by atoms with Gasteiger partial charge in [-0.1, -0.05) is 25.5 Å². The Labute approximate surface area is 117 Å². The number of hydrogen-bond donors (Lipinski definition) is 2. The molecule has 0 saturated carbocycles. The maximum absolute atomic E-state index is 5.99. The van der Waals surface area contributed by atoms with Gasteiger partial charge in [-0.2, -0.15) is 0 Å². The van der Waals surface area contributed by atoms with Crippen LogP contribution in [0.5, 0.6) is 0 Å². The maximum atomic E-state index is 5.99. The van der Waals surface area contributed by atoms with Gasteiger partial charge in [-0.25, -0.2) is 0 Å². The van der Waals surface area contributed by atoms with Gasteiger partial charge in [0.15, 0.2) is 0 Å². The molecule has 4 nitrogen and oxygen atoms in total. The Hall–Kier alpha value is -0.420. The van der Waals surface area contributed by atoms with Crippen molar-refractivity contribution in [1.82, 2.24) is 5.32 Å². The van der Waals surface area contributed by atoms with E-state index in [2.05, 4.69) is 18.8 Å². The summed E-state index contributed by atoms with van der Waals surface area (Å²) in [6, 6.07) is 0. The fourth-order valence-electron chi connectivity index (χ4n) is 2.58. The molecule has 1 fully saturated rings. The molecule has 0 bridgehead atoms. The minimum absolute atomic E-state index is 0.0324. The molecule has 1 aliphatic rings. The summed E-state index contributed by atoms with van der Waals surface area (Å²) in [5.41, 5.74) is 7.08. The maximum Gasteiger partial charge on any atom is 0.0672 e. The number of ether oxygens (including phenoxy) is 2. The fraction of sp³-hybridized carbons (Fsp3) is 0.867. The highest BCUT2D eigenvalue weighted by molar-refractivity contribution is 4.94. The van der Waals surface area contributed by atoms with Crippen LogP contribution in [0.2, 0.25) is 0 Å². The number of nitrogens with one attached hydrogen (secondary N) is 1. The minimum Gasteiger partial charge on any atom is -0.378 e. The van der Waals surface area contributed by atoms with Crippen LogP contribution in [-0.2, 0) is 9.47 Å². The molecule has 0 aromatic rings. The second-order valence-electron chi connectivity index (χ2n) is 5.66. The molecule has 19 heavy (non-hydrogen) atoms. The van der Waals surface area contributed by atoms with Crippen LogP contribution in [0.4, 0.5) is 0 Å². The topological polar surface area (TPSA) is 56.5 Å². The Bertz CT molecular complexity index is 269. The van der Waals surface area contributed by atoms with Gasteiger partial charge in [0, 0.05) is 25.2 Å². The van der Waals surface area contributed by atoms with Gasteiger partial charge in [0.2, 0.25) is 0 Å². The average Bonchev–Trinajstić information content (AvgIpc) is 2.39. The lowest BCUT2D eigenvalue weighted by Crippen LogP contribution is -2.57. The summed E-state index contributed by atoms with van der Waals surface area (Å²) >= 11 is 0. The van der Waals surface area contributed by atoms with Crippen LogP contribution in [0.15, 0.2) is 12.2 Å². The number of hydrogen-bond acceptors (Lipinski definition) is 4. The van der Waals surface area contributed by atoms with E-state index in [9.17, 15) is 0 Å². The first-order valence-corrected chi connectivity index (χ1v) is 7.40. The molecule has 1 saturated heterocycles. The molecule has 1 heterocycles. The van der Waals surface area contributed by atoms with Crippen molar-refractivity contribution in [2.75, 3.05) is 32.9 Å². The number of nitrogens with two attached hydrogens (primary N) is 1. The Morgan fingerprint density at radius 2 is 2.37 bits per heavy atom. The molecule has 2 atom stereocenters. The van der Waals surface area contributed by atoms with Gasteiger partial charge in [-0.3, -0.25) is 0 Å². The summed E-state index contributed by atoms with van der Waals surface area (Å²) in [4.78, 5) is 0. The summed E-state index contributed by atoms with van der Waals surface area (Å²) in [5.74, 6) is 0. The lowest BCUT2D eigenvalue weighted by molar-refractivity contribution is -0.0320. The first-order chi connectivity index (χ1) is 9.12. The zero-order chi connectivity index (χ0) is 14.1. The number of rotatable bonds is 9. The molecular formula is C15H30N2O2. The zero-order valence-corrected chi connectivity index (χ0v) is 12.5. The van der Waals surface area contributed by atoms with Gasteiger partial charge in [0.05, 0.1) is 19.3 Å². The highest BCUT2D eigenvalue weighted by atomic mass is 16.5. The van der Waals surface area contributed by atoms with Gasteiger partial charge in [-0.05, 0) is 26.2 Å². The SMILES string of the molecule is C=C(C)COCCNC1(CN)CCOC(CCC)C1. The molecule has 0 aliphatic carbocycles. The molecular weight excluding hydrogens is 240 g/mol. The Balaban J connectivity index is 2.31. The zero-order valence-electron chi connectivity index (χ0n) is 12.5. The lowest BCUT2D eigenvalue weighted by atomic mass is 9.85. The molecule has 4 heteroatoms. The molecule has 0 amide bonds. The summed E-state index contributed by atoms with van der Waals surface area (Å²) in [5, 5.41) is 3.59. The summed E-state index contributed by atoms with van der Waals surface area (Å²) in [6.07, 6.45) is 4.64. The standard InChI is InChI=1S/C15H30N2O2/c1-4-5-14-10-15(12-16,6-8-19-14)17-7-9-18-11-13(2)3/h14,17H,2,4-12,16H2,1,3H3. The first kappa shape index (κ1) is 16.6. The van der Waals surface area contributed by atoms with Crippen molar-refractivity contribution in [3.63, 3.8) is 0 Å². The third-order valence-electron chi connectivity index (χ3n) is 3.65. The minimum atomic E-state index is 0.0324. The van der Waals surface area contributed by atoms with E-state index in [0.717, 1.165) is 44.4 Å². The predicted molar refractivity (Wildman–Crippen MR) is 79.3 cm³/mol. The van der Waals surface area contributed by atoms with E-state index in [1.54, 1.807) is 0 Å². The van der Waals surface area contributed by atoms with Crippen LogP contribution in [-0.4, -0.2) is 44.6 Å². The van der Waals surface area contributed by atoms with Crippen LogP contribution < -0.4 is 11.1 Å². The third-order valence-corrected chi connectivity index (χ3v) is 3.65. The van der Waals surface area contributed by atoms with Crippen molar-refractivity contribution < 1.29 is 9.47 Å². The normalized spacial score (nSPS) is 27.4. The summed E-state index contributed by atoms with van der Waals surface area (Å²) < 4.78 is 11.3. The van der Waals surface area contributed by atoms with Crippen LogP contribution >= 0.6 is 0 Å². The van der Waals surface area contributed by atoms with Crippen molar-refractivity contribution in [2.45, 2.75) is 51.2 Å². The van der Waals surface area contributed by atoms with Crippen molar-refractivity contribution in [2.24, 2.45) is 5.73 Å². The molecule has 2 unspecified atom stereocenters. The summed E-state index contributed by atoms with van der Waals surface area (Å²) in [7, 11) is 0. The molecule has 112 valence electrons. The van der Waals surface area contributed by atoms with E-state index < -0.39 is 0 Å². The fourth-order valence-corrected chi connectivity index (χ4v) is 2.58. The van der Waals surface area contributed by atoms with Gasteiger partial charge < -0.3 is 20.5 Å². The Kier molecular flexibility index (Phi) is 7.61. The van der Waals surface area contributed by atoms with E-state index in [1.165, 1.54) is 0 Å². The van der Waals surface area contributed by atoms with Crippen molar-refractivity contribution in [3.8, 4) is 0 Å².